The maximum absolute atomic E-state index is 9.62. The SMILES string of the molecule is Cc1cc(Cl)cc2nc(-c3ccc(N)c(O)c3)oc12. The molecule has 0 bridgehead atoms. The molecule has 0 radical (unpaired) electrons. The average Bonchev–Trinajstić information content (AvgIpc) is 2.76. The van der Waals surface area contributed by atoms with Crippen LogP contribution in [-0.4, -0.2) is 10.1 Å². The third kappa shape index (κ3) is 2.00. The standard InChI is InChI=1S/C14H11ClN2O2/c1-7-4-9(15)6-11-13(7)19-14(17-11)8-2-3-10(16)12(18)5-8/h2-6,18H,16H2,1H3. The number of hydrogen-bond acceptors (Lipinski definition) is 4. The molecule has 0 saturated carbocycles. The van der Waals surface area contributed by atoms with Gasteiger partial charge in [-0.2, -0.15) is 0 Å². The van der Waals surface area contributed by atoms with E-state index in [0.29, 0.717) is 33.3 Å². The van der Waals surface area contributed by atoms with Crippen LogP contribution < -0.4 is 5.73 Å². The second-order valence-corrected chi connectivity index (χ2v) is 4.80. The van der Waals surface area contributed by atoms with E-state index in [0.717, 1.165) is 5.56 Å². The molecule has 4 nitrogen and oxygen atoms in total. The zero-order chi connectivity index (χ0) is 13.6. The van der Waals surface area contributed by atoms with Gasteiger partial charge in [0.15, 0.2) is 5.58 Å². The Hall–Kier alpha value is -2.20. The van der Waals surface area contributed by atoms with Gasteiger partial charge in [0.2, 0.25) is 5.89 Å². The Balaban J connectivity index is 2.20. The topological polar surface area (TPSA) is 72.3 Å². The number of benzene rings is 2. The molecule has 3 aromatic rings. The molecule has 0 aliphatic heterocycles. The fourth-order valence-electron chi connectivity index (χ4n) is 1.96. The number of nitrogens with two attached hydrogens (primary N) is 1. The van der Waals surface area contributed by atoms with Crippen LogP contribution in [0.15, 0.2) is 34.7 Å². The number of aromatic nitrogens is 1. The summed E-state index contributed by atoms with van der Waals surface area (Å²) in [5.41, 5.74) is 8.85. The maximum atomic E-state index is 9.62. The molecule has 3 rings (SSSR count). The average molecular weight is 275 g/mol. The molecule has 0 unspecified atom stereocenters. The van der Waals surface area contributed by atoms with Crippen LogP contribution in [0.25, 0.3) is 22.6 Å². The first-order valence-corrected chi connectivity index (χ1v) is 6.08. The summed E-state index contributed by atoms with van der Waals surface area (Å²) in [5, 5.41) is 10.2. The van der Waals surface area contributed by atoms with E-state index in [2.05, 4.69) is 4.98 Å². The summed E-state index contributed by atoms with van der Waals surface area (Å²) in [7, 11) is 0. The van der Waals surface area contributed by atoms with Crippen molar-refractivity contribution in [3.05, 3.63) is 40.9 Å². The molecule has 0 fully saturated rings. The van der Waals surface area contributed by atoms with E-state index in [1.54, 1.807) is 18.2 Å². The van der Waals surface area contributed by atoms with Gasteiger partial charge in [0.05, 0.1) is 5.69 Å². The minimum atomic E-state index is 0.00881. The van der Waals surface area contributed by atoms with Crippen molar-refractivity contribution in [2.24, 2.45) is 0 Å². The summed E-state index contributed by atoms with van der Waals surface area (Å²) in [6.45, 7) is 1.91. The molecule has 3 N–H and O–H groups in total. The summed E-state index contributed by atoms with van der Waals surface area (Å²) in [4.78, 5) is 4.37. The van der Waals surface area contributed by atoms with Crippen LogP contribution >= 0.6 is 11.6 Å². The Morgan fingerprint density at radius 2 is 2.05 bits per heavy atom. The first-order chi connectivity index (χ1) is 9.04. The molecule has 1 heterocycles. The molecule has 1 aromatic heterocycles. The predicted octanol–water partition coefficient (Wildman–Crippen LogP) is 3.74. The highest BCUT2D eigenvalue weighted by Crippen LogP contribution is 2.31. The van der Waals surface area contributed by atoms with Crippen LogP contribution in [0.5, 0.6) is 5.75 Å². The molecular weight excluding hydrogens is 264 g/mol. The summed E-state index contributed by atoms with van der Waals surface area (Å²) >= 11 is 5.99. The number of fused-ring (bicyclic) bond motifs is 1. The van der Waals surface area contributed by atoms with Crippen molar-refractivity contribution in [1.82, 2.24) is 4.98 Å². The lowest BCUT2D eigenvalue weighted by Crippen LogP contribution is -1.85. The zero-order valence-electron chi connectivity index (χ0n) is 10.1. The van der Waals surface area contributed by atoms with Gasteiger partial charge in [0.1, 0.15) is 11.3 Å². The second kappa shape index (κ2) is 4.17. The number of aromatic hydroxyl groups is 1. The number of nitrogens with zero attached hydrogens (tertiary/aromatic N) is 1. The number of aryl methyl sites for hydroxylation is 1. The van der Waals surface area contributed by atoms with E-state index in [9.17, 15) is 5.11 Å². The van der Waals surface area contributed by atoms with Gasteiger partial charge in [0, 0.05) is 10.6 Å². The molecule has 0 aliphatic rings. The maximum Gasteiger partial charge on any atom is 0.227 e. The highest BCUT2D eigenvalue weighted by Gasteiger charge is 2.12. The number of halogens is 1. The third-order valence-corrected chi connectivity index (χ3v) is 3.14. The van der Waals surface area contributed by atoms with Gasteiger partial charge in [-0.25, -0.2) is 4.98 Å². The van der Waals surface area contributed by atoms with Crippen molar-refractivity contribution in [2.75, 3.05) is 5.73 Å². The van der Waals surface area contributed by atoms with Crippen molar-refractivity contribution in [2.45, 2.75) is 6.92 Å². The molecule has 5 heteroatoms. The number of rotatable bonds is 1. The number of oxazole rings is 1. The lowest BCUT2D eigenvalue weighted by Gasteiger charge is -1.99. The lowest BCUT2D eigenvalue weighted by atomic mass is 10.2. The lowest BCUT2D eigenvalue weighted by molar-refractivity contribution is 0.478. The number of phenolic OH excluding ortho intramolecular Hbond substituents is 1. The number of anilines is 1. The Kier molecular flexibility index (Phi) is 2.61. The van der Waals surface area contributed by atoms with Gasteiger partial charge >= 0.3 is 0 Å². The smallest absolute Gasteiger partial charge is 0.227 e. The first-order valence-electron chi connectivity index (χ1n) is 5.70. The fraction of sp³-hybridized carbons (Fsp3) is 0.0714. The highest BCUT2D eigenvalue weighted by atomic mass is 35.5. The summed E-state index contributed by atoms with van der Waals surface area (Å²) < 4.78 is 5.71. The van der Waals surface area contributed by atoms with E-state index < -0.39 is 0 Å². The first kappa shape index (κ1) is 11.9. The monoisotopic (exact) mass is 274 g/mol. The molecule has 0 spiro atoms. The van der Waals surface area contributed by atoms with Crippen LogP contribution in [0.1, 0.15) is 5.56 Å². The van der Waals surface area contributed by atoms with Crippen LogP contribution in [0.4, 0.5) is 5.69 Å². The largest absolute Gasteiger partial charge is 0.506 e. The number of nitrogen functional groups attached to an aromatic ring is 1. The zero-order valence-corrected chi connectivity index (χ0v) is 10.9. The normalized spacial score (nSPS) is 11.1. The Morgan fingerprint density at radius 3 is 2.79 bits per heavy atom. The minimum Gasteiger partial charge on any atom is -0.506 e. The Labute approximate surface area is 114 Å². The van der Waals surface area contributed by atoms with Crippen molar-refractivity contribution < 1.29 is 9.52 Å². The molecule has 0 amide bonds. The van der Waals surface area contributed by atoms with Crippen molar-refractivity contribution in [1.29, 1.82) is 0 Å². The minimum absolute atomic E-state index is 0.00881. The Morgan fingerprint density at radius 1 is 1.26 bits per heavy atom. The van der Waals surface area contributed by atoms with Crippen molar-refractivity contribution >= 4 is 28.4 Å². The molecule has 19 heavy (non-hydrogen) atoms. The van der Waals surface area contributed by atoms with Crippen LogP contribution in [-0.2, 0) is 0 Å². The van der Waals surface area contributed by atoms with Gasteiger partial charge in [-0.1, -0.05) is 11.6 Å². The van der Waals surface area contributed by atoms with E-state index in [1.807, 2.05) is 13.0 Å². The fourth-order valence-corrected chi connectivity index (χ4v) is 2.22. The van der Waals surface area contributed by atoms with Gasteiger partial charge in [-0.05, 0) is 42.8 Å². The predicted molar refractivity (Wildman–Crippen MR) is 75.3 cm³/mol. The van der Waals surface area contributed by atoms with Crippen molar-refractivity contribution in [3.63, 3.8) is 0 Å². The third-order valence-electron chi connectivity index (χ3n) is 2.92. The highest BCUT2D eigenvalue weighted by molar-refractivity contribution is 6.31. The second-order valence-electron chi connectivity index (χ2n) is 4.36. The van der Waals surface area contributed by atoms with E-state index in [-0.39, 0.29) is 5.75 Å². The van der Waals surface area contributed by atoms with Gasteiger partial charge in [-0.15, -0.1) is 0 Å². The quantitative estimate of drug-likeness (QED) is 0.524. The van der Waals surface area contributed by atoms with Gasteiger partial charge in [-0.3, -0.25) is 0 Å². The summed E-state index contributed by atoms with van der Waals surface area (Å²) in [6, 6.07) is 8.44. The van der Waals surface area contributed by atoms with Crippen LogP contribution in [0, 0.1) is 6.92 Å². The van der Waals surface area contributed by atoms with Crippen molar-refractivity contribution in [3.8, 4) is 17.2 Å². The molecule has 0 atom stereocenters. The number of phenols is 1. The van der Waals surface area contributed by atoms with Crippen LogP contribution in [0.3, 0.4) is 0 Å². The van der Waals surface area contributed by atoms with Gasteiger partial charge in [0.25, 0.3) is 0 Å². The molecule has 96 valence electrons. The molecule has 0 saturated heterocycles. The molecule has 0 aliphatic carbocycles. The Bertz CT molecular complexity index is 780. The van der Waals surface area contributed by atoms with Crippen LogP contribution in [0.2, 0.25) is 5.02 Å². The summed E-state index contributed by atoms with van der Waals surface area (Å²) in [5.74, 6) is 0.435. The van der Waals surface area contributed by atoms with E-state index in [1.165, 1.54) is 6.07 Å². The van der Waals surface area contributed by atoms with E-state index in [4.69, 9.17) is 21.8 Å². The summed E-state index contributed by atoms with van der Waals surface area (Å²) in [6.07, 6.45) is 0. The molecule has 2 aromatic carbocycles. The molecular formula is C14H11ClN2O2. The van der Waals surface area contributed by atoms with E-state index >= 15 is 0 Å². The van der Waals surface area contributed by atoms with Gasteiger partial charge < -0.3 is 15.3 Å². The number of hydrogen-bond donors (Lipinski definition) is 2.